The first kappa shape index (κ1) is 14.6. The third-order valence-corrected chi connectivity index (χ3v) is 4.13. The lowest BCUT2D eigenvalue weighted by Crippen LogP contribution is -2.47. The zero-order valence-electron chi connectivity index (χ0n) is 12.7. The Bertz CT molecular complexity index is 622. The van der Waals surface area contributed by atoms with E-state index in [1.54, 1.807) is 6.20 Å². The molecule has 1 aromatic heterocycles. The Morgan fingerprint density at radius 3 is 2.41 bits per heavy atom. The van der Waals surface area contributed by atoms with E-state index >= 15 is 0 Å². The van der Waals surface area contributed by atoms with Crippen molar-refractivity contribution in [3.63, 3.8) is 0 Å². The Morgan fingerprint density at radius 2 is 1.77 bits per heavy atom. The van der Waals surface area contributed by atoms with E-state index in [0.717, 1.165) is 45.0 Å². The van der Waals surface area contributed by atoms with Crippen LogP contribution in [0, 0.1) is 11.3 Å². The highest BCUT2D eigenvalue weighted by Crippen LogP contribution is 2.14. The number of hydrogen-bond acceptors (Lipinski definition) is 4. The van der Waals surface area contributed by atoms with Crippen molar-refractivity contribution in [3.8, 4) is 6.07 Å². The molecule has 4 nitrogen and oxygen atoms in total. The lowest BCUT2D eigenvalue weighted by molar-refractivity contribution is 0.260. The summed E-state index contributed by atoms with van der Waals surface area (Å²) in [4.78, 5) is 9.18. The summed E-state index contributed by atoms with van der Waals surface area (Å²) in [5.41, 5.74) is 2.02. The van der Waals surface area contributed by atoms with Crippen LogP contribution >= 0.6 is 0 Å². The molecule has 2 aromatic rings. The second-order valence-electron chi connectivity index (χ2n) is 5.58. The molecule has 2 heterocycles. The molecule has 22 heavy (non-hydrogen) atoms. The molecule has 1 aromatic carbocycles. The maximum Gasteiger partial charge on any atom is 0.128 e. The van der Waals surface area contributed by atoms with Gasteiger partial charge in [-0.1, -0.05) is 30.3 Å². The van der Waals surface area contributed by atoms with Crippen molar-refractivity contribution in [2.45, 2.75) is 6.42 Å². The van der Waals surface area contributed by atoms with Gasteiger partial charge in [0.25, 0.3) is 0 Å². The van der Waals surface area contributed by atoms with E-state index in [0.29, 0.717) is 5.56 Å². The van der Waals surface area contributed by atoms with Gasteiger partial charge >= 0.3 is 0 Å². The monoisotopic (exact) mass is 292 g/mol. The quantitative estimate of drug-likeness (QED) is 0.867. The molecular weight excluding hydrogens is 272 g/mol. The average Bonchev–Trinajstić information content (AvgIpc) is 2.61. The third kappa shape index (κ3) is 3.63. The Kier molecular flexibility index (Phi) is 4.67. The van der Waals surface area contributed by atoms with Gasteiger partial charge in [-0.2, -0.15) is 5.26 Å². The smallest absolute Gasteiger partial charge is 0.128 e. The number of anilines is 1. The minimum absolute atomic E-state index is 0.616. The van der Waals surface area contributed by atoms with Gasteiger partial charge in [-0.15, -0.1) is 0 Å². The van der Waals surface area contributed by atoms with Crippen molar-refractivity contribution in [3.05, 3.63) is 59.8 Å². The van der Waals surface area contributed by atoms with E-state index in [-0.39, 0.29) is 0 Å². The molecule has 0 spiro atoms. The zero-order valence-corrected chi connectivity index (χ0v) is 12.7. The predicted molar refractivity (Wildman–Crippen MR) is 87.8 cm³/mol. The fourth-order valence-corrected chi connectivity index (χ4v) is 2.77. The molecule has 4 heteroatoms. The molecule has 0 atom stereocenters. The number of piperazine rings is 1. The second-order valence-corrected chi connectivity index (χ2v) is 5.58. The molecular formula is C18H20N4. The zero-order chi connectivity index (χ0) is 15.2. The number of pyridine rings is 1. The molecule has 0 radical (unpaired) electrons. The molecule has 1 saturated heterocycles. The van der Waals surface area contributed by atoms with Gasteiger partial charge in [0.1, 0.15) is 11.9 Å². The number of hydrogen-bond donors (Lipinski definition) is 0. The summed E-state index contributed by atoms with van der Waals surface area (Å²) in [5.74, 6) is 0.974. The van der Waals surface area contributed by atoms with E-state index in [1.807, 2.05) is 12.1 Å². The number of benzene rings is 1. The van der Waals surface area contributed by atoms with E-state index in [1.165, 1.54) is 5.56 Å². The van der Waals surface area contributed by atoms with Crippen LogP contribution in [-0.2, 0) is 6.42 Å². The van der Waals surface area contributed by atoms with Gasteiger partial charge in [0.15, 0.2) is 0 Å². The van der Waals surface area contributed by atoms with Crippen LogP contribution in [0.3, 0.4) is 0 Å². The summed E-state index contributed by atoms with van der Waals surface area (Å²) in [7, 11) is 0. The Labute approximate surface area is 131 Å². The summed E-state index contributed by atoms with van der Waals surface area (Å²) in [6.07, 6.45) is 2.76. The average molecular weight is 292 g/mol. The summed E-state index contributed by atoms with van der Waals surface area (Å²) < 4.78 is 0. The lowest BCUT2D eigenvalue weighted by Gasteiger charge is -2.35. The normalized spacial score (nSPS) is 15.5. The highest BCUT2D eigenvalue weighted by atomic mass is 15.3. The van der Waals surface area contributed by atoms with Crippen LogP contribution in [0.5, 0.6) is 0 Å². The lowest BCUT2D eigenvalue weighted by atomic mass is 10.1. The van der Waals surface area contributed by atoms with Gasteiger partial charge in [-0.25, -0.2) is 4.98 Å². The second kappa shape index (κ2) is 7.06. The number of aromatic nitrogens is 1. The summed E-state index contributed by atoms with van der Waals surface area (Å²) in [5, 5.41) is 8.82. The maximum atomic E-state index is 8.82. The molecule has 1 aliphatic heterocycles. The van der Waals surface area contributed by atoms with Gasteiger partial charge in [0.2, 0.25) is 0 Å². The molecule has 0 saturated carbocycles. The topological polar surface area (TPSA) is 43.2 Å². The van der Waals surface area contributed by atoms with Gasteiger partial charge < -0.3 is 4.90 Å². The first-order valence-corrected chi connectivity index (χ1v) is 7.72. The fourth-order valence-electron chi connectivity index (χ4n) is 2.77. The maximum absolute atomic E-state index is 8.82. The van der Waals surface area contributed by atoms with Gasteiger partial charge in [-0.05, 0) is 24.1 Å². The van der Waals surface area contributed by atoms with Crippen molar-refractivity contribution < 1.29 is 0 Å². The largest absolute Gasteiger partial charge is 0.354 e. The van der Waals surface area contributed by atoms with Crippen LogP contribution in [0.4, 0.5) is 5.82 Å². The van der Waals surface area contributed by atoms with Gasteiger partial charge in [-0.3, -0.25) is 4.90 Å². The van der Waals surface area contributed by atoms with E-state index in [9.17, 15) is 0 Å². The molecule has 0 bridgehead atoms. The van der Waals surface area contributed by atoms with Crippen LogP contribution in [0.25, 0.3) is 0 Å². The highest BCUT2D eigenvalue weighted by molar-refractivity contribution is 5.42. The van der Waals surface area contributed by atoms with Crippen molar-refractivity contribution in [2.24, 2.45) is 0 Å². The summed E-state index contributed by atoms with van der Waals surface area (Å²) in [6.45, 7) is 5.23. The number of nitrogens with zero attached hydrogens (tertiary/aromatic N) is 4. The standard InChI is InChI=1S/C18H20N4/c19-14-17-6-7-18(20-15-17)22-12-10-21(11-13-22)9-8-16-4-2-1-3-5-16/h1-7,15H,8-13H2. The molecule has 1 fully saturated rings. The first-order valence-electron chi connectivity index (χ1n) is 7.72. The summed E-state index contributed by atoms with van der Waals surface area (Å²) in [6, 6.07) is 16.5. The summed E-state index contributed by atoms with van der Waals surface area (Å²) >= 11 is 0. The van der Waals surface area contributed by atoms with Crippen LogP contribution in [-0.4, -0.2) is 42.6 Å². The Morgan fingerprint density at radius 1 is 1.00 bits per heavy atom. The van der Waals surface area contributed by atoms with Gasteiger partial charge in [0, 0.05) is 38.9 Å². The predicted octanol–water partition coefficient (Wildman–Crippen LogP) is 2.32. The number of nitriles is 1. The SMILES string of the molecule is N#Cc1ccc(N2CCN(CCc3ccccc3)CC2)nc1. The molecule has 0 N–H and O–H groups in total. The van der Waals surface area contributed by atoms with E-state index in [2.05, 4.69) is 51.2 Å². The van der Waals surface area contributed by atoms with Crippen LogP contribution < -0.4 is 4.90 Å². The van der Waals surface area contributed by atoms with Gasteiger partial charge in [0.05, 0.1) is 5.56 Å². The Hall–Kier alpha value is -2.38. The van der Waals surface area contributed by atoms with Crippen LogP contribution in [0.1, 0.15) is 11.1 Å². The van der Waals surface area contributed by atoms with Crippen LogP contribution in [0.15, 0.2) is 48.7 Å². The van der Waals surface area contributed by atoms with Crippen molar-refractivity contribution in [1.82, 2.24) is 9.88 Å². The molecule has 3 rings (SSSR count). The van der Waals surface area contributed by atoms with Crippen molar-refractivity contribution >= 4 is 5.82 Å². The Balaban J connectivity index is 1.48. The first-order chi connectivity index (χ1) is 10.8. The number of rotatable bonds is 4. The molecule has 112 valence electrons. The highest BCUT2D eigenvalue weighted by Gasteiger charge is 2.17. The van der Waals surface area contributed by atoms with Crippen LogP contribution in [0.2, 0.25) is 0 Å². The van der Waals surface area contributed by atoms with E-state index in [4.69, 9.17) is 5.26 Å². The van der Waals surface area contributed by atoms with Crippen molar-refractivity contribution in [1.29, 1.82) is 5.26 Å². The van der Waals surface area contributed by atoms with Crippen molar-refractivity contribution in [2.75, 3.05) is 37.6 Å². The molecule has 1 aliphatic rings. The van der Waals surface area contributed by atoms with E-state index < -0.39 is 0 Å². The fraction of sp³-hybridized carbons (Fsp3) is 0.333. The minimum Gasteiger partial charge on any atom is -0.354 e. The molecule has 0 amide bonds. The minimum atomic E-state index is 0.616. The molecule has 0 unspecified atom stereocenters. The third-order valence-electron chi connectivity index (χ3n) is 4.13. The molecule has 0 aliphatic carbocycles.